The number of anilines is 1. The van der Waals surface area contributed by atoms with Gasteiger partial charge in [-0.3, -0.25) is 4.79 Å². The van der Waals surface area contributed by atoms with E-state index < -0.39 is 24.2 Å². The van der Waals surface area contributed by atoms with Crippen LogP contribution in [0.1, 0.15) is 40.1 Å². The van der Waals surface area contributed by atoms with E-state index in [0.717, 1.165) is 10.2 Å². The summed E-state index contributed by atoms with van der Waals surface area (Å²) in [4.78, 5) is 12.5. The lowest BCUT2D eigenvalue weighted by Crippen LogP contribution is -2.35. The average Bonchev–Trinajstić information content (AvgIpc) is 3.17. The van der Waals surface area contributed by atoms with Gasteiger partial charge in [0.1, 0.15) is 5.82 Å². The van der Waals surface area contributed by atoms with E-state index in [1.807, 2.05) is 30.3 Å². The Bertz CT molecular complexity index is 1100. The molecular formula is C21H17Cl2F3N4O. The number of alkyl halides is 3. The van der Waals surface area contributed by atoms with Crippen molar-refractivity contribution in [2.24, 2.45) is 0 Å². The number of hydrogen-bond acceptors (Lipinski definition) is 3. The largest absolute Gasteiger partial charge is 0.410 e. The van der Waals surface area contributed by atoms with Gasteiger partial charge >= 0.3 is 6.18 Å². The molecule has 0 unspecified atom stereocenters. The number of fused-ring (bicyclic) bond motifs is 1. The fourth-order valence-corrected chi connectivity index (χ4v) is 3.81. The number of hydrogen-bond donors (Lipinski definition) is 2. The molecule has 2 N–H and O–H groups in total. The molecule has 0 spiro atoms. The second-order valence-corrected chi connectivity index (χ2v) is 8.01. The summed E-state index contributed by atoms with van der Waals surface area (Å²) in [5.41, 5.74) is 1.33. The third kappa shape index (κ3) is 4.65. The maximum Gasteiger partial charge on any atom is 0.410 e. The Morgan fingerprint density at radius 1 is 1.13 bits per heavy atom. The van der Waals surface area contributed by atoms with Crippen molar-refractivity contribution in [3.63, 3.8) is 0 Å². The molecule has 2 atom stereocenters. The van der Waals surface area contributed by atoms with Crippen molar-refractivity contribution in [2.75, 3.05) is 5.32 Å². The Kier molecular flexibility index (Phi) is 5.85. The Morgan fingerprint density at radius 2 is 1.87 bits per heavy atom. The van der Waals surface area contributed by atoms with Crippen molar-refractivity contribution in [2.45, 2.75) is 31.2 Å². The monoisotopic (exact) mass is 468 g/mol. The Morgan fingerprint density at radius 3 is 2.55 bits per heavy atom. The highest BCUT2D eigenvalue weighted by atomic mass is 35.5. The summed E-state index contributed by atoms with van der Waals surface area (Å²) < 4.78 is 42.2. The molecule has 3 aromatic rings. The fraction of sp³-hybridized carbons (Fsp3) is 0.238. The molecule has 0 bridgehead atoms. The highest BCUT2D eigenvalue weighted by molar-refractivity contribution is 6.42. The predicted octanol–water partition coefficient (Wildman–Crippen LogP) is 5.78. The molecule has 0 saturated carbocycles. The van der Waals surface area contributed by atoms with E-state index in [4.69, 9.17) is 23.2 Å². The molecule has 1 aliphatic heterocycles. The van der Waals surface area contributed by atoms with Crippen LogP contribution in [0.3, 0.4) is 0 Å². The number of rotatable bonds is 4. The van der Waals surface area contributed by atoms with Crippen molar-refractivity contribution in [1.29, 1.82) is 0 Å². The molecule has 2 aromatic carbocycles. The lowest BCUT2D eigenvalue weighted by atomic mass is 9.97. The first-order valence-corrected chi connectivity index (χ1v) is 10.2. The number of aromatic nitrogens is 2. The van der Waals surface area contributed by atoms with Gasteiger partial charge in [-0.1, -0.05) is 59.6 Å². The summed E-state index contributed by atoms with van der Waals surface area (Å²) in [5, 5.41) is 10.2. The number of carbonyl (C=O) groups is 1. The summed E-state index contributed by atoms with van der Waals surface area (Å²) in [6, 6.07) is 12.6. The highest BCUT2D eigenvalue weighted by Gasteiger charge is 2.46. The molecule has 2 heterocycles. The molecule has 10 heteroatoms. The third-order valence-electron chi connectivity index (χ3n) is 5.06. The lowest BCUT2D eigenvalue weighted by molar-refractivity contribution is -0.173. The zero-order chi connectivity index (χ0) is 22.2. The van der Waals surface area contributed by atoms with Gasteiger partial charge in [-0.2, -0.15) is 18.3 Å². The van der Waals surface area contributed by atoms with E-state index in [0.29, 0.717) is 10.6 Å². The minimum Gasteiger partial charge on any atom is -0.363 e. The molecule has 0 aliphatic carbocycles. The zero-order valence-corrected chi connectivity index (χ0v) is 17.5. The number of amides is 1. The lowest BCUT2D eigenvalue weighted by Gasteiger charge is -2.33. The van der Waals surface area contributed by atoms with E-state index in [1.165, 1.54) is 18.2 Å². The highest BCUT2D eigenvalue weighted by Crippen LogP contribution is 2.44. The topological polar surface area (TPSA) is 59.0 Å². The second kappa shape index (κ2) is 8.43. The van der Waals surface area contributed by atoms with Crippen LogP contribution in [0.4, 0.5) is 19.0 Å². The van der Waals surface area contributed by atoms with Crippen LogP contribution < -0.4 is 10.6 Å². The van der Waals surface area contributed by atoms with Crippen LogP contribution >= 0.6 is 23.2 Å². The fourth-order valence-electron chi connectivity index (χ4n) is 3.50. The molecule has 0 fully saturated rings. The van der Waals surface area contributed by atoms with Gasteiger partial charge in [-0.25, -0.2) is 4.68 Å². The standard InChI is InChI=1S/C21H17Cl2F3N4O/c22-14-7-6-13(8-15(14)23)16-9-18(21(24,25)26)30-19(28-16)10-17(29-30)20(31)27-11-12-4-2-1-3-5-12/h1-8,10,16,18,28H,9,11H2,(H,27,31)/t16-,18-/m1/s1. The van der Waals surface area contributed by atoms with Gasteiger partial charge in [0.2, 0.25) is 0 Å². The average molecular weight is 469 g/mol. The second-order valence-electron chi connectivity index (χ2n) is 7.19. The molecule has 5 nitrogen and oxygen atoms in total. The molecule has 1 aromatic heterocycles. The maximum atomic E-state index is 13.8. The van der Waals surface area contributed by atoms with Crippen LogP contribution in [0.25, 0.3) is 0 Å². The Hall–Kier alpha value is -2.71. The molecule has 0 radical (unpaired) electrons. The number of carbonyl (C=O) groups excluding carboxylic acids is 1. The van der Waals surface area contributed by atoms with E-state index >= 15 is 0 Å². The van der Waals surface area contributed by atoms with Crippen LogP contribution in [0.5, 0.6) is 0 Å². The molecule has 1 aliphatic rings. The van der Waals surface area contributed by atoms with Gasteiger partial charge in [0.05, 0.1) is 16.1 Å². The molecule has 162 valence electrons. The van der Waals surface area contributed by atoms with Crippen molar-refractivity contribution < 1.29 is 18.0 Å². The van der Waals surface area contributed by atoms with E-state index in [9.17, 15) is 18.0 Å². The minimum absolute atomic E-state index is 0.0949. The molecule has 0 saturated heterocycles. The summed E-state index contributed by atoms with van der Waals surface area (Å²) in [7, 11) is 0. The quantitative estimate of drug-likeness (QED) is 0.510. The van der Waals surface area contributed by atoms with Crippen molar-refractivity contribution in [1.82, 2.24) is 15.1 Å². The zero-order valence-electron chi connectivity index (χ0n) is 16.0. The Labute approximate surface area is 186 Å². The van der Waals surface area contributed by atoms with Gasteiger partial charge in [0.25, 0.3) is 5.91 Å². The van der Waals surface area contributed by atoms with E-state index in [-0.39, 0.29) is 29.5 Å². The number of nitrogens with one attached hydrogen (secondary N) is 2. The van der Waals surface area contributed by atoms with Crippen LogP contribution in [-0.4, -0.2) is 21.9 Å². The van der Waals surface area contributed by atoms with Gasteiger partial charge in [0.15, 0.2) is 11.7 Å². The van der Waals surface area contributed by atoms with Gasteiger partial charge in [-0.05, 0) is 23.3 Å². The minimum atomic E-state index is -4.55. The smallest absolute Gasteiger partial charge is 0.363 e. The molecular weight excluding hydrogens is 452 g/mol. The number of halogens is 5. The maximum absolute atomic E-state index is 13.8. The first-order chi connectivity index (χ1) is 14.7. The predicted molar refractivity (Wildman–Crippen MR) is 112 cm³/mol. The summed E-state index contributed by atoms with van der Waals surface area (Å²) in [6.07, 6.45) is -4.85. The van der Waals surface area contributed by atoms with Crippen LogP contribution in [-0.2, 0) is 6.54 Å². The summed E-state index contributed by atoms with van der Waals surface area (Å²) in [5.74, 6) is -0.450. The number of nitrogens with zero attached hydrogens (tertiary/aromatic N) is 2. The summed E-state index contributed by atoms with van der Waals surface area (Å²) in [6.45, 7) is 0.240. The Balaban J connectivity index is 1.59. The van der Waals surface area contributed by atoms with E-state index in [1.54, 1.807) is 6.07 Å². The molecule has 31 heavy (non-hydrogen) atoms. The van der Waals surface area contributed by atoms with Gasteiger partial charge in [-0.15, -0.1) is 0 Å². The van der Waals surface area contributed by atoms with E-state index in [2.05, 4.69) is 15.7 Å². The van der Waals surface area contributed by atoms with Gasteiger partial charge in [0, 0.05) is 19.0 Å². The number of benzene rings is 2. The van der Waals surface area contributed by atoms with Crippen molar-refractivity contribution in [3.05, 3.63) is 81.5 Å². The first kappa shape index (κ1) is 21.5. The van der Waals surface area contributed by atoms with Crippen molar-refractivity contribution >= 4 is 34.9 Å². The van der Waals surface area contributed by atoms with Gasteiger partial charge < -0.3 is 10.6 Å². The normalized spacial score (nSPS) is 18.2. The first-order valence-electron chi connectivity index (χ1n) is 9.42. The van der Waals surface area contributed by atoms with Crippen LogP contribution in [0.15, 0.2) is 54.6 Å². The van der Waals surface area contributed by atoms with Crippen LogP contribution in [0, 0.1) is 0 Å². The van der Waals surface area contributed by atoms with Crippen LogP contribution in [0.2, 0.25) is 10.0 Å². The van der Waals surface area contributed by atoms with Crippen molar-refractivity contribution in [3.8, 4) is 0 Å². The molecule has 4 rings (SSSR count). The third-order valence-corrected chi connectivity index (χ3v) is 5.80. The summed E-state index contributed by atoms with van der Waals surface area (Å²) >= 11 is 12.0. The SMILES string of the molecule is O=C(NCc1ccccc1)c1cc2n(n1)[C@@H](C(F)(F)F)C[C@H](c1ccc(Cl)c(Cl)c1)N2. The molecule has 1 amide bonds.